The molecule has 0 amide bonds. The smallest absolute Gasteiger partial charge is 0.294 e. The van der Waals surface area contributed by atoms with Crippen LogP contribution in [0.3, 0.4) is 0 Å². The van der Waals surface area contributed by atoms with Crippen molar-refractivity contribution < 1.29 is 22.8 Å². The molecule has 9 nitrogen and oxygen atoms in total. The number of hydrogen-bond acceptors (Lipinski definition) is 8. The average Bonchev–Trinajstić information content (AvgIpc) is 2.72. The summed E-state index contributed by atoms with van der Waals surface area (Å²) in [5, 5.41) is 25.8. The van der Waals surface area contributed by atoms with E-state index in [1.165, 1.54) is 37.4 Å². The summed E-state index contributed by atoms with van der Waals surface area (Å²) in [5.41, 5.74) is 2.54. The van der Waals surface area contributed by atoms with Crippen molar-refractivity contribution >= 4 is 51.7 Å². The molecule has 31 heavy (non-hydrogen) atoms. The van der Waals surface area contributed by atoms with E-state index in [1.54, 1.807) is 30.3 Å². The second-order valence-corrected chi connectivity index (χ2v) is 7.62. The van der Waals surface area contributed by atoms with Crippen molar-refractivity contribution in [2.45, 2.75) is 11.8 Å². The third-order valence-corrected chi connectivity index (χ3v) is 4.86. The first-order valence-electron chi connectivity index (χ1n) is 8.65. The Bertz CT molecular complexity index is 1230. The molecule has 0 saturated carbocycles. The second kappa shape index (κ2) is 10.3. The van der Waals surface area contributed by atoms with Gasteiger partial charge in [-0.25, -0.2) is 0 Å². The van der Waals surface area contributed by atoms with Crippen molar-refractivity contribution in [3.05, 3.63) is 66.2 Å². The predicted molar refractivity (Wildman–Crippen MR) is 116 cm³/mol. The van der Waals surface area contributed by atoms with E-state index in [0.717, 1.165) is 5.56 Å². The minimum absolute atomic E-state index is 0. The Morgan fingerprint density at radius 2 is 1.48 bits per heavy atom. The number of ether oxygens (including phenoxy) is 1. The zero-order valence-electron chi connectivity index (χ0n) is 17.1. The molecule has 0 unspecified atom stereocenters. The van der Waals surface area contributed by atoms with Gasteiger partial charge in [-0.15, -0.1) is 5.11 Å². The minimum Gasteiger partial charge on any atom is -0.508 e. The first-order valence-corrected chi connectivity index (χ1v) is 10.1. The van der Waals surface area contributed by atoms with E-state index in [9.17, 15) is 13.5 Å². The van der Waals surface area contributed by atoms with E-state index in [4.69, 9.17) is 9.29 Å². The summed E-state index contributed by atoms with van der Waals surface area (Å²) in [5.74, 6) is 0.558. The van der Waals surface area contributed by atoms with E-state index >= 15 is 0 Å². The van der Waals surface area contributed by atoms with Crippen LogP contribution in [0.25, 0.3) is 0 Å². The minimum atomic E-state index is -4.32. The summed E-state index contributed by atoms with van der Waals surface area (Å²) >= 11 is 0. The number of aryl methyl sites for hydroxylation is 1. The number of benzene rings is 3. The van der Waals surface area contributed by atoms with Gasteiger partial charge in [-0.1, -0.05) is 6.07 Å². The molecule has 0 aromatic heterocycles. The van der Waals surface area contributed by atoms with Gasteiger partial charge in [-0.2, -0.15) is 23.8 Å². The van der Waals surface area contributed by atoms with Crippen LogP contribution in [0, 0.1) is 6.92 Å². The monoisotopic (exact) mass is 433 g/mol. The second-order valence-electron chi connectivity index (χ2n) is 6.20. The molecule has 0 fully saturated rings. The molecule has 0 heterocycles. The molecule has 3 rings (SSSR count). The van der Waals surface area contributed by atoms with Gasteiger partial charge in [0, 0.05) is 24.9 Å². The molecule has 0 bridgehead atoms. The normalized spacial score (nSPS) is 11.6. The average molecular weight is 433 g/mol. The molecular weight excluding hydrogens is 415 g/mol. The van der Waals surface area contributed by atoms with Gasteiger partial charge in [0.1, 0.15) is 17.2 Å². The zero-order valence-corrected chi connectivity index (χ0v) is 17.9. The van der Waals surface area contributed by atoms with E-state index in [1.807, 2.05) is 6.92 Å². The molecule has 3 aromatic rings. The van der Waals surface area contributed by atoms with Crippen LogP contribution in [-0.2, 0) is 10.1 Å². The van der Waals surface area contributed by atoms with Gasteiger partial charge in [0.05, 0.1) is 29.1 Å². The summed E-state index contributed by atoms with van der Waals surface area (Å²) < 4.78 is 37.0. The molecule has 11 heteroatoms. The Labute approximate surface area is 191 Å². The van der Waals surface area contributed by atoms with Crippen LogP contribution in [0.4, 0.5) is 22.7 Å². The molecule has 0 aliphatic heterocycles. The van der Waals surface area contributed by atoms with Gasteiger partial charge in [-0.3, -0.25) is 4.55 Å². The first-order chi connectivity index (χ1) is 14.3. The van der Waals surface area contributed by atoms with Gasteiger partial charge in [-0.05, 0) is 61.0 Å². The van der Waals surface area contributed by atoms with Crippen LogP contribution in [0.1, 0.15) is 5.56 Å². The molecule has 0 saturated heterocycles. The summed E-state index contributed by atoms with van der Waals surface area (Å²) in [6.07, 6.45) is 0. The largest absolute Gasteiger partial charge is 0.508 e. The van der Waals surface area contributed by atoms with E-state index in [0.29, 0.717) is 22.8 Å². The summed E-state index contributed by atoms with van der Waals surface area (Å²) in [6.45, 7) is 1.81. The predicted octanol–water partition coefficient (Wildman–Crippen LogP) is 5.41. The fourth-order valence-electron chi connectivity index (χ4n) is 2.46. The van der Waals surface area contributed by atoms with E-state index in [-0.39, 0.29) is 35.2 Å². The molecule has 0 aliphatic carbocycles. The molecule has 0 spiro atoms. The van der Waals surface area contributed by atoms with Crippen molar-refractivity contribution in [2.75, 3.05) is 7.11 Å². The van der Waals surface area contributed by atoms with Gasteiger partial charge in [0.2, 0.25) is 0 Å². The van der Waals surface area contributed by atoms with Crippen molar-refractivity contribution in [3.8, 4) is 11.5 Å². The van der Waals surface area contributed by atoms with Crippen LogP contribution in [0.2, 0.25) is 0 Å². The first kappa shape index (κ1) is 24.2. The Balaban J connectivity index is 0.00000341. The van der Waals surface area contributed by atoms with Gasteiger partial charge < -0.3 is 9.84 Å². The van der Waals surface area contributed by atoms with Crippen molar-refractivity contribution in [3.63, 3.8) is 0 Å². The maximum Gasteiger partial charge on any atom is 0.294 e. The van der Waals surface area contributed by atoms with Crippen LogP contribution in [0.15, 0.2) is 86.0 Å². The maximum atomic E-state index is 11.3. The van der Waals surface area contributed by atoms with Crippen LogP contribution in [0.5, 0.6) is 11.5 Å². The molecule has 3 aromatic carbocycles. The number of methoxy groups -OCH3 is 1. The third-order valence-electron chi connectivity index (χ3n) is 4.01. The number of phenolic OH excluding ortho intramolecular Hbond substituents is 1. The van der Waals surface area contributed by atoms with Crippen LogP contribution < -0.4 is 4.74 Å². The Kier molecular flexibility index (Phi) is 8.07. The van der Waals surface area contributed by atoms with Crippen LogP contribution >= 0.6 is 0 Å². The Morgan fingerprint density at radius 3 is 2.13 bits per heavy atom. The topological polar surface area (TPSA) is 133 Å². The van der Waals surface area contributed by atoms with E-state index < -0.39 is 10.1 Å². The number of phenols is 1. The molecule has 2 N–H and O–H groups in total. The number of aromatic hydroxyl groups is 1. The number of rotatable bonds is 6. The fraction of sp³-hybridized carbons (Fsp3) is 0.100. The summed E-state index contributed by atoms with van der Waals surface area (Å²) in [6, 6.07) is 15.1. The van der Waals surface area contributed by atoms with Gasteiger partial charge in [0.25, 0.3) is 10.1 Å². The van der Waals surface area contributed by atoms with Crippen molar-refractivity contribution in [1.82, 2.24) is 0 Å². The zero-order chi connectivity index (χ0) is 21.7. The quantitative estimate of drug-likeness (QED) is 0.305. The number of hydrogen-bond donors (Lipinski definition) is 2. The Hall–Kier alpha value is -3.03. The van der Waals surface area contributed by atoms with Crippen molar-refractivity contribution in [1.29, 1.82) is 0 Å². The third kappa shape index (κ3) is 6.47. The summed E-state index contributed by atoms with van der Waals surface area (Å²) in [7, 11) is -2.84. The van der Waals surface area contributed by atoms with Gasteiger partial charge in [0.15, 0.2) is 0 Å². The summed E-state index contributed by atoms with van der Waals surface area (Å²) in [4.78, 5) is -0.266. The standard InChI is InChI=1S/C20H18N4O5S.Li/c1-13-10-19(24-21-14-6-8-16(25)9-7-14)20(29-2)12-18(13)23-22-15-4-3-5-17(11-15)30(26,27)28;/h3-12,25H,1-2H3,(H,26,27,28);. The van der Waals surface area contributed by atoms with Gasteiger partial charge >= 0.3 is 0 Å². The number of azo groups is 2. The fourth-order valence-corrected chi connectivity index (χ4v) is 2.98. The molecule has 1 radical (unpaired) electrons. The SMILES string of the molecule is COc1cc(N=Nc2cccc(S(=O)(=O)O)c2)c(C)cc1N=Nc1ccc(O)cc1.[Li]. The molecular formula is C20H18LiN4O5S. The number of nitrogens with zero attached hydrogens (tertiary/aromatic N) is 4. The van der Waals surface area contributed by atoms with Crippen molar-refractivity contribution in [2.24, 2.45) is 20.5 Å². The Morgan fingerprint density at radius 1 is 0.839 bits per heavy atom. The molecule has 155 valence electrons. The van der Waals surface area contributed by atoms with Crippen LogP contribution in [-0.4, -0.2) is 44.0 Å². The molecule has 0 aliphatic rings. The maximum absolute atomic E-state index is 11.3. The van der Waals surface area contributed by atoms with E-state index in [2.05, 4.69) is 20.5 Å². The molecule has 0 atom stereocenters.